The van der Waals surface area contributed by atoms with Crippen LogP contribution in [0.3, 0.4) is 0 Å². The van der Waals surface area contributed by atoms with E-state index in [1.165, 1.54) is 15.6 Å². The molecule has 0 nitrogen and oxygen atoms in total. The number of rotatable bonds is 1. The molecule has 0 saturated carbocycles. The van der Waals surface area contributed by atoms with Crippen LogP contribution in [0.25, 0.3) is 10.1 Å². The summed E-state index contributed by atoms with van der Waals surface area (Å²) in [6, 6.07) is 3.90. The second-order valence-electron chi connectivity index (χ2n) is 2.91. The topological polar surface area (TPSA) is 0 Å². The van der Waals surface area contributed by atoms with E-state index in [0.29, 0.717) is 0 Å². The number of hydrogen-bond acceptors (Lipinski definition) is 2. The van der Waals surface area contributed by atoms with E-state index in [0.717, 1.165) is 16.3 Å². The fourth-order valence-electron chi connectivity index (χ4n) is 1.44. The van der Waals surface area contributed by atoms with Gasteiger partial charge in [0.2, 0.25) is 0 Å². The van der Waals surface area contributed by atoms with E-state index in [-0.39, 0.29) is 0 Å². The second-order valence-corrected chi connectivity index (χ2v) is 4.74. The monoisotopic (exact) mass is 228 g/mol. The predicted octanol–water partition coefficient (Wildman–Crippen LogP) is 4.41. The van der Waals surface area contributed by atoms with Crippen LogP contribution >= 0.6 is 35.6 Å². The summed E-state index contributed by atoms with van der Waals surface area (Å²) in [5, 5.41) is 4.21. The van der Waals surface area contributed by atoms with Crippen molar-refractivity contribution in [3.8, 4) is 0 Å². The molecule has 0 bridgehead atoms. The molecule has 13 heavy (non-hydrogen) atoms. The molecular weight excluding hydrogens is 220 g/mol. The second kappa shape index (κ2) is 3.52. The third-order valence-electron chi connectivity index (χ3n) is 2.08. The minimum Gasteiger partial charge on any atom is -0.143 e. The van der Waals surface area contributed by atoms with Gasteiger partial charge in [-0.1, -0.05) is 18.5 Å². The van der Waals surface area contributed by atoms with Crippen LogP contribution < -0.4 is 0 Å². The summed E-state index contributed by atoms with van der Waals surface area (Å²) in [6.45, 7) is 2.16. The van der Waals surface area contributed by atoms with Gasteiger partial charge in [-0.05, 0) is 29.5 Å². The van der Waals surface area contributed by atoms with Crippen LogP contribution in [0.1, 0.15) is 12.5 Å². The van der Waals surface area contributed by atoms with Crippen LogP contribution in [0.15, 0.2) is 22.4 Å². The molecule has 1 aromatic heterocycles. The summed E-state index contributed by atoms with van der Waals surface area (Å²) in [4.78, 5) is 0.987. The molecule has 0 amide bonds. The normalized spacial score (nSPS) is 11.0. The van der Waals surface area contributed by atoms with Gasteiger partial charge in [0.15, 0.2) is 0 Å². The summed E-state index contributed by atoms with van der Waals surface area (Å²) in [5.41, 5.74) is 1.36. The maximum atomic E-state index is 5.93. The van der Waals surface area contributed by atoms with Gasteiger partial charge in [0, 0.05) is 20.0 Å². The standard InChI is InChI=1S/C10H9ClS2/c1-2-6-5-13-9-4-7(11)3-8(12)10(6)9/h3-5,12H,2H2,1H3. The summed E-state index contributed by atoms with van der Waals surface area (Å²) >= 11 is 12.1. The zero-order valence-corrected chi connectivity index (χ0v) is 9.64. The fraction of sp³-hybridized carbons (Fsp3) is 0.200. The largest absolute Gasteiger partial charge is 0.143 e. The molecule has 0 atom stereocenters. The molecule has 1 aromatic carbocycles. The molecule has 0 unspecified atom stereocenters. The summed E-state index contributed by atoms with van der Waals surface area (Å²) < 4.78 is 1.23. The van der Waals surface area contributed by atoms with Crippen molar-refractivity contribution >= 4 is 45.7 Å². The van der Waals surface area contributed by atoms with E-state index in [1.807, 2.05) is 12.1 Å². The number of thiophene rings is 1. The number of fused-ring (bicyclic) bond motifs is 1. The van der Waals surface area contributed by atoms with Crippen LogP contribution in [0.2, 0.25) is 5.02 Å². The van der Waals surface area contributed by atoms with E-state index >= 15 is 0 Å². The lowest BCUT2D eigenvalue weighted by Crippen LogP contribution is -1.77. The molecule has 0 spiro atoms. The maximum absolute atomic E-state index is 5.93. The summed E-state index contributed by atoms with van der Waals surface area (Å²) in [7, 11) is 0. The summed E-state index contributed by atoms with van der Waals surface area (Å²) in [6.07, 6.45) is 1.05. The Hall–Kier alpha value is -0.180. The van der Waals surface area contributed by atoms with Gasteiger partial charge in [-0.2, -0.15) is 0 Å². The number of aryl methyl sites for hydroxylation is 1. The van der Waals surface area contributed by atoms with Crippen LogP contribution in [0.4, 0.5) is 0 Å². The molecule has 0 saturated heterocycles. The Bertz CT molecular complexity index is 445. The predicted molar refractivity (Wildman–Crippen MR) is 63.5 cm³/mol. The highest BCUT2D eigenvalue weighted by Gasteiger charge is 2.06. The van der Waals surface area contributed by atoms with E-state index in [1.54, 1.807) is 11.3 Å². The molecule has 0 aliphatic heterocycles. The van der Waals surface area contributed by atoms with Crippen molar-refractivity contribution in [1.29, 1.82) is 0 Å². The third-order valence-corrected chi connectivity index (χ3v) is 3.63. The van der Waals surface area contributed by atoms with E-state index < -0.39 is 0 Å². The zero-order valence-electron chi connectivity index (χ0n) is 7.17. The number of thiol groups is 1. The number of hydrogen-bond donors (Lipinski definition) is 1. The Labute approximate surface area is 91.9 Å². The van der Waals surface area contributed by atoms with Crippen molar-refractivity contribution in [2.45, 2.75) is 18.2 Å². The van der Waals surface area contributed by atoms with Crippen molar-refractivity contribution in [1.82, 2.24) is 0 Å². The van der Waals surface area contributed by atoms with E-state index in [2.05, 4.69) is 24.9 Å². The van der Waals surface area contributed by atoms with Gasteiger partial charge < -0.3 is 0 Å². The Kier molecular flexibility index (Phi) is 2.54. The molecule has 0 radical (unpaired) electrons. The van der Waals surface area contributed by atoms with Crippen LogP contribution in [-0.2, 0) is 6.42 Å². The first kappa shape index (κ1) is 9.38. The van der Waals surface area contributed by atoms with Gasteiger partial charge in [0.25, 0.3) is 0 Å². The van der Waals surface area contributed by atoms with Crippen molar-refractivity contribution in [3.63, 3.8) is 0 Å². The molecule has 2 aromatic rings. The molecule has 0 N–H and O–H groups in total. The molecular formula is C10H9ClS2. The number of benzene rings is 1. The van der Waals surface area contributed by atoms with Crippen molar-refractivity contribution in [3.05, 3.63) is 28.1 Å². The third kappa shape index (κ3) is 1.58. The molecule has 1 heterocycles. The molecule has 0 fully saturated rings. The molecule has 0 aliphatic carbocycles. The molecule has 0 aliphatic rings. The molecule has 3 heteroatoms. The van der Waals surface area contributed by atoms with Gasteiger partial charge in [-0.15, -0.1) is 24.0 Å². The van der Waals surface area contributed by atoms with E-state index in [9.17, 15) is 0 Å². The molecule has 68 valence electrons. The maximum Gasteiger partial charge on any atom is 0.0431 e. The van der Waals surface area contributed by atoms with Crippen LogP contribution in [-0.4, -0.2) is 0 Å². The van der Waals surface area contributed by atoms with Gasteiger partial charge >= 0.3 is 0 Å². The Balaban J connectivity index is 2.82. The minimum absolute atomic E-state index is 0.766. The van der Waals surface area contributed by atoms with Gasteiger partial charge in [0.05, 0.1) is 0 Å². The first-order valence-electron chi connectivity index (χ1n) is 4.11. The first-order chi connectivity index (χ1) is 6.22. The van der Waals surface area contributed by atoms with E-state index in [4.69, 9.17) is 11.6 Å². The quantitative estimate of drug-likeness (QED) is 0.687. The van der Waals surface area contributed by atoms with Crippen molar-refractivity contribution < 1.29 is 0 Å². The Morgan fingerprint density at radius 3 is 2.92 bits per heavy atom. The lowest BCUT2D eigenvalue weighted by Gasteiger charge is -1.99. The van der Waals surface area contributed by atoms with Gasteiger partial charge in [0.1, 0.15) is 0 Å². The fourth-order valence-corrected chi connectivity index (χ4v) is 3.38. The first-order valence-corrected chi connectivity index (χ1v) is 5.81. The highest BCUT2D eigenvalue weighted by Crippen LogP contribution is 2.34. The molecule has 2 rings (SSSR count). The average molecular weight is 229 g/mol. The smallest absolute Gasteiger partial charge is 0.0431 e. The zero-order chi connectivity index (χ0) is 9.42. The highest BCUT2D eigenvalue weighted by atomic mass is 35.5. The van der Waals surface area contributed by atoms with Crippen LogP contribution in [0.5, 0.6) is 0 Å². The Morgan fingerprint density at radius 2 is 2.23 bits per heavy atom. The lowest BCUT2D eigenvalue weighted by atomic mass is 10.1. The lowest BCUT2D eigenvalue weighted by molar-refractivity contribution is 1.16. The minimum atomic E-state index is 0.766. The highest BCUT2D eigenvalue weighted by molar-refractivity contribution is 7.80. The van der Waals surface area contributed by atoms with Gasteiger partial charge in [-0.25, -0.2) is 0 Å². The SMILES string of the molecule is CCc1csc2cc(Cl)cc(S)c12. The van der Waals surface area contributed by atoms with Gasteiger partial charge in [-0.3, -0.25) is 0 Å². The Morgan fingerprint density at radius 1 is 1.46 bits per heavy atom. The van der Waals surface area contributed by atoms with Crippen LogP contribution in [0, 0.1) is 0 Å². The summed E-state index contributed by atoms with van der Waals surface area (Å²) in [5.74, 6) is 0. The van der Waals surface area contributed by atoms with Crippen molar-refractivity contribution in [2.24, 2.45) is 0 Å². The number of halogens is 1. The average Bonchev–Trinajstić information content (AvgIpc) is 2.47. The van der Waals surface area contributed by atoms with Crippen molar-refractivity contribution in [2.75, 3.05) is 0 Å².